The maximum atomic E-state index is 14.2. The maximum absolute atomic E-state index is 14.2. The largest absolute Gasteiger partial charge is 0.370 e. The number of aryl methyl sites for hydroxylation is 2. The van der Waals surface area contributed by atoms with E-state index >= 15 is 0 Å². The highest BCUT2D eigenvalue weighted by Crippen LogP contribution is 2.29. The van der Waals surface area contributed by atoms with Crippen LogP contribution >= 0.6 is 0 Å². The molecule has 8 nitrogen and oxygen atoms in total. The van der Waals surface area contributed by atoms with E-state index in [2.05, 4.69) is 25.6 Å². The van der Waals surface area contributed by atoms with E-state index in [4.69, 9.17) is 0 Å². The molecule has 172 valence electrons. The lowest BCUT2D eigenvalue weighted by molar-refractivity contribution is 0.0693. The summed E-state index contributed by atoms with van der Waals surface area (Å²) in [6.07, 6.45) is 2.13. The van der Waals surface area contributed by atoms with E-state index in [0.29, 0.717) is 46.9 Å². The normalized spacial score (nSPS) is 13.0. The van der Waals surface area contributed by atoms with Gasteiger partial charge >= 0.3 is 0 Å². The number of hydrogen-bond donors (Lipinski definition) is 3. The first-order valence-corrected chi connectivity index (χ1v) is 10.9. The lowest BCUT2D eigenvalue weighted by atomic mass is 10.0. The van der Waals surface area contributed by atoms with Crippen LogP contribution in [-0.4, -0.2) is 45.3 Å². The van der Waals surface area contributed by atoms with Crippen molar-refractivity contribution in [1.29, 1.82) is 0 Å². The molecular formula is C25H23FN6O2. The van der Waals surface area contributed by atoms with Crippen molar-refractivity contribution in [3.63, 3.8) is 0 Å². The maximum Gasteiger partial charge on any atom is 0.261 e. The number of H-pyrrole nitrogens is 1. The van der Waals surface area contributed by atoms with Gasteiger partial charge in [0.15, 0.2) is 0 Å². The van der Waals surface area contributed by atoms with Crippen LogP contribution in [0.25, 0.3) is 10.9 Å². The lowest BCUT2D eigenvalue weighted by Gasteiger charge is -2.10. The molecule has 0 bridgehead atoms. The van der Waals surface area contributed by atoms with Crippen LogP contribution in [0.2, 0.25) is 0 Å². The van der Waals surface area contributed by atoms with Crippen molar-refractivity contribution in [2.75, 3.05) is 24.2 Å². The molecule has 0 saturated carbocycles. The molecule has 2 amide bonds. The first-order valence-electron chi connectivity index (χ1n) is 10.9. The van der Waals surface area contributed by atoms with Crippen molar-refractivity contribution in [1.82, 2.24) is 19.9 Å². The van der Waals surface area contributed by atoms with Gasteiger partial charge in [-0.05, 0) is 55.7 Å². The summed E-state index contributed by atoms with van der Waals surface area (Å²) in [6.45, 7) is 4.53. The van der Waals surface area contributed by atoms with Gasteiger partial charge in [0, 0.05) is 36.4 Å². The molecule has 0 saturated heterocycles. The Morgan fingerprint density at radius 3 is 2.59 bits per heavy atom. The summed E-state index contributed by atoms with van der Waals surface area (Å²) in [7, 11) is 1.47. The molecule has 9 heteroatoms. The monoisotopic (exact) mass is 458 g/mol. The number of nitrogens with zero attached hydrogens (tertiary/aromatic N) is 3. The van der Waals surface area contributed by atoms with Gasteiger partial charge in [0.1, 0.15) is 23.8 Å². The molecule has 5 rings (SSSR count). The van der Waals surface area contributed by atoms with Gasteiger partial charge in [-0.15, -0.1) is 0 Å². The van der Waals surface area contributed by atoms with Crippen LogP contribution in [0.1, 0.15) is 37.5 Å². The fourth-order valence-electron chi connectivity index (χ4n) is 4.38. The van der Waals surface area contributed by atoms with E-state index < -0.39 is 0 Å². The number of halogens is 1. The second kappa shape index (κ2) is 8.26. The average molecular weight is 458 g/mol. The highest BCUT2D eigenvalue weighted by molar-refractivity contribution is 6.21. The number of nitrogens with one attached hydrogen (secondary N) is 3. The molecule has 0 aliphatic carbocycles. The van der Waals surface area contributed by atoms with E-state index in [-0.39, 0.29) is 17.6 Å². The number of imide groups is 1. The number of benzene rings is 2. The molecule has 0 atom stereocenters. The molecule has 4 aromatic rings. The first kappa shape index (κ1) is 21.6. The third kappa shape index (κ3) is 3.64. The molecule has 0 radical (unpaired) electrons. The average Bonchev–Trinajstić information content (AvgIpc) is 3.27. The number of amides is 2. The number of anilines is 3. The second-order valence-corrected chi connectivity index (χ2v) is 8.36. The van der Waals surface area contributed by atoms with E-state index in [1.165, 1.54) is 19.4 Å². The van der Waals surface area contributed by atoms with Gasteiger partial charge in [0.05, 0.1) is 16.6 Å². The van der Waals surface area contributed by atoms with Crippen LogP contribution in [0.5, 0.6) is 0 Å². The number of aromatic nitrogens is 3. The Bertz CT molecular complexity index is 1460. The summed E-state index contributed by atoms with van der Waals surface area (Å²) < 4.78 is 14.2. The molecule has 34 heavy (non-hydrogen) atoms. The van der Waals surface area contributed by atoms with Crippen LogP contribution in [0.15, 0.2) is 42.7 Å². The van der Waals surface area contributed by atoms with Gasteiger partial charge in [0.2, 0.25) is 0 Å². The minimum absolute atomic E-state index is 0.251. The minimum Gasteiger partial charge on any atom is -0.370 e. The Balaban J connectivity index is 1.29. The zero-order chi connectivity index (χ0) is 24.0. The molecule has 2 aromatic heterocycles. The van der Waals surface area contributed by atoms with Crippen molar-refractivity contribution in [3.05, 3.63) is 76.5 Å². The van der Waals surface area contributed by atoms with E-state index in [9.17, 15) is 14.0 Å². The van der Waals surface area contributed by atoms with E-state index in [0.717, 1.165) is 27.1 Å². The number of carbonyl (C=O) groups excluding carboxylic acids is 2. The van der Waals surface area contributed by atoms with Gasteiger partial charge in [0.25, 0.3) is 11.8 Å². The first-order chi connectivity index (χ1) is 16.3. The minimum atomic E-state index is -0.323. The number of fused-ring (bicyclic) bond motifs is 2. The SMILES string of the molecule is Cc1[nH]c2c(F)ccc(C)c2c1CCNc1cc(Nc2ccc3c(c2)C(=O)N(C)C3=O)ncn1. The van der Waals surface area contributed by atoms with Crippen LogP contribution in [0, 0.1) is 19.7 Å². The van der Waals surface area contributed by atoms with Crippen molar-refractivity contribution in [2.24, 2.45) is 0 Å². The fraction of sp³-hybridized carbons (Fsp3) is 0.200. The van der Waals surface area contributed by atoms with E-state index in [1.54, 1.807) is 30.3 Å². The number of rotatable bonds is 6. The quantitative estimate of drug-likeness (QED) is 0.372. The molecule has 0 unspecified atom stereocenters. The third-order valence-electron chi connectivity index (χ3n) is 6.14. The van der Waals surface area contributed by atoms with E-state index in [1.807, 2.05) is 13.8 Å². The third-order valence-corrected chi connectivity index (χ3v) is 6.14. The fourth-order valence-corrected chi connectivity index (χ4v) is 4.38. The summed E-state index contributed by atoms with van der Waals surface area (Å²) in [5.74, 6) is 0.298. The number of hydrogen-bond acceptors (Lipinski definition) is 6. The highest BCUT2D eigenvalue weighted by atomic mass is 19.1. The summed E-state index contributed by atoms with van der Waals surface area (Å²) in [6, 6.07) is 10.1. The highest BCUT2D eigenvalue weighted by Gasteiger charge is 2.32. The predicted molar refractivity (Wildman–Crippen MR) is 128 cm³/mol. The Hall–Kier alpha value is -4.27. The Morgan fingerprint density at radius 2 is 1.76 bits per heavy atom. The van der Waals surface area contributed by atoms with Gasteiger partial charge in [-0.3, -0.25) is 14.5 Å². The molecule has 3 heterocycles. The second-order valence-electron chi connectivity index (χ2n) is 8.36. The smallest absolute Gasteiger partial charge is 0.261 e. The molecule has 0 spiro atoms. The molecule has 1 aliphatic rings. The van der Waals surface area contributed by atoms with Crippen molar-refractivity contribution in [2.45, 2.75) is 20.3 Å². The zero-order valence-electron chi connectivity index (χ0n) is 19.0. The van der Waals surface area contributed by atoms with Crippen molar-refractivity contribution in [3.8, 4) is 0 Å². The zero-order valence-corrected chi connectivity index (χ0v) is 19.0. The Morgan fingerprint density at radius 1 is 1.00 bits per heavy atom. The molecule has 1 aliphatic heterocycles. The van der Waals surface area contributed by atoms with Gasteiger partial charge < -0.3 is 15.6 Å². The van der Waals surface area contributed by atoms with Crippen molar-refractivity contribution >= 4 is 40.0 Å². The standard InChI is InChI=1S/C25H23FN6O2/c1-13-4-7-19(26)23-22(13)16(14(2)30-23)8-9-27-20-11-21(29-12-28-20)31-15-5-6-17-18(10-15)25(34)32(3)24(17)33/h4-7,10-12,30H,8-9H2,1-3H3,(H2,27,28,29,31). The van der Waals surface area contributed by atoms with Gasteiger partial charge in [-0.25, -0.2) is 14.4 Å². The summed E-state index contributed by atoms with van der Waals surface area (Å²) >= 11 is 0. The summed E-state index contributed by atoms with van der Waals surface area (Å²) in [5, 5.41) is 7.38. The lowest BCUT2D eigenvalue weighted by Crippen LogP contribution is -2.24. The number of carbonyl (C=O) groups is 2. The molecule has 3 N–H and O–H groups in total. The topological polar surface area (TPSA) is 103 Å². The summed E-state index contributed by atoms with van der Waals surface area (Å²) in [5.41, 5.74) is 5.01. The van der Waals surface area contributed by atoms with Crippen LogP contribution in [0.4, 0.5) is 21.7 Å². The van der Waals surface area contributed by atoms with Crippen LogP contribution in [0.3, 0.4) is 0 Å². The van der Waals surface area contributed by atoms with Crippen LogP contribution < -0.4 is 10.6 Å². The molecule has 0 fully saturated rings. The Kier molecular flexibility index (Phi) is 5.24. The van der Waals surface area contributed by atoms with Gasteiger partial charge in [-0.1, -0.05) is 6.07 Å². The number of aromatic amines is 1. The molecule has 2 aromatic carbocycles. The van der Waals surface area contributed by atoms with Crippen LogP contribution in [-0.2, 0) is 6.42 Å². The molecular weight excluding hydrogens is 435 g/mol. The summed E-state index contributed by atoms with van der Waals surface area (Å²) in [4.78, 5) is 37.1. The van der Waals surface area contributed by atoms with Gasteiger partial charge in [-0.2, -0.15) is 0 Å². The predicted octanol–water partition coefficient (Wildman–Crippen LogP) is 4.34. The van der Waals surface area contributed by atoms with Crippen molar-refractivity contribution < 1.29 is 14.0 Å². The Labute approximate surface area is 195 Å².